The number of benzene rings is 1. The fourth-order valence-corrected chi connectivity index (χ4v) is 1.85. The van der Waals surface area contributed by atoms with Crippen molar-refractivity contribution in [2.24, 2.45) is 5.73 Å². The van der Waals surface area contributed by atoms with E-state index >= 15 is 0 Å². The van der Waals surface area contributed by atoms with E-state index in [2.05, 4.69) is 26.2 Å². The summed E-state index contributed by atoms with van der Waals surface area (Å²) in [6, 6.07) is 8.20. The minimum Gasteiger partial charge on any atom is -0.388 e. The Morgan fingerprint density at radius 2 is 2.00 bits per heavy atom. The zero-order chi connectivity index (χ0) is 13.1. The summed E-state index contributed by atoms with van der Waals surface area (Å²) in [6.45, 7) is 0. The molecular weight excluding hydrogens is 317 g/mol. The topological polar surface area (TPSA) is 50.9 Å². The summed E-state index contributed by atoms with van der Waals surface area (Å²) in [5, 5.41) is 3.09. The van der Waals surface area contributed by atoms with Gasteiger partial charge < -0.3 is 11.1 Å². The summed E-state index contributed by atoms with van der Waals surface area (Å²) in [4.78, 5) is 4.36. The maximum Gasteiger partial charge on any atom is 0.137 e. The van der Waals surface area contributed by atoms with E-state index in [-0.39, 0.29) is 10.8 Å². The molecule has 0 amide bonds. The third kappa shape index (κ3) is 3.02. The number of nitrogens with one attached hydrogen (secondary N) is 1. The molecule has 0 aliphatic heterocycles. The molecular formula is C12H9BrFN3S. The molecule has 0 unspecified atom stereocenters. The van der Waals surface area contributed by atoms with Gasteiger partial charge in [-0.2, -0.15) is 0 Å². The van der Waals surface area contributed by atoms with Crippen LogP contribution in [-0.4, -0.2) is 9.97 Å². The van der Waals surface area contributed by atoms with Crippen LogP contribution in [0, 0.1) is 5.82 Å². The molecule has 1 aromatic carbocycles. The maximum atomic E-state index is 13.1. The molecule has 6 heteroatoms. The van der Waals surface area contributed by atoms with Crippen LogP contribution in [-0.2, 0) is 0 Å². The van der Waals surface area contributed by atoms with Crippen molar-refractivity contribution in [1.29, 1.82) is 0 Å². The first-order chi connectivity index (χ1) is 8.56. The monoisotopic (exact) mass is 325 g/mol. The molecule has 1 heterocycles. The van der Waals surface area contributed by atoms with Crippen molar-refractivity contribution in [2.75, 3.05) is 5.32 Å². The summed E-state index contributed by atoms with van der Waals surface area (Å²) in [5.41, 5.74) is 7.55. The van der Waals surface area contributed by atoms with Gasteiger partial charge in [0.15, 0.2) is 0 Å². The predicted molar refractivity (Wildman–Crippen MR) is 77.5 cm³/mol. The summed E-state index contributed by atoms with van der Waals surface area (Å²) >= 11 is 7.94. The molecule has 0 saturated heterocycles. The fourth-order valence-electron chi connectivity index (χ4n) is 1.35. The molecule has 0 saturated carbocycles. The van der Waals surface area contributed by atoms with Crippen LogP contribution in [0.3, 0.4) is 0 Å². The minimum atomic E-state index is -0.303. The second-order valence-corrected chi connectivity index (χ2v) is 4.84. The van der Waals surface area contributed by atoms with E-state index in [4.69, 9.17) is 18.0 Å². The van der Waals surface area contributed by atoms with E-state index in [1.165, 1.54) is 6.07 Å². The van der Waals surface area contributed by atoms with E-state index in [0.29, 0.717) is 10.2 Å². The highest BCUT2D eigenvalue weighted by Gasteiger charge is 2.02. The van der Waals surface area contributed by atoms with Gasteiger partial charge in [0.2, 0.25) is 0 Å². The zero-order valence-electron chi connectivity index (χ0n) is 9.15. The number of pyridine rings is 1. The maximum absolute atomic E-state index is 13.1. The van der Waals surface area contributed by atoms with Gasteiger partial charge >= 0.3 is 0 Å². The van der Waals surface area contributed by atoms with Gasteiger partial charge in [0.25, 0.3) is 0 Å². The molecule has 0 fully saturated rings. The lowest BCUT2D eigenvalue weighted by Gasteiger charge is -2.07. The third-order valence-corrected chi connectivity index (χ3v) is 3.04. The Morgan fingerprint density at radius 1 is 1.28 bits per heavy atom. The normalized spacial score (nSPS) is 10.1. The van der Waals surface area contributed by atoms with E-state index in [0.717, 1.165) is 11.4 Å². The first-order valence-electron chi connectivity index (χ1n) is 5.04. The van der Waals surface area contributed by atoms with Gasteiger partial charge in [-0.25, -0.2) is 4.39 Å². The quantitative estimate of drug-likeness (QED) is 0.849. The Morgan fingerprint density at radius 3 is 2.56 bits per heavy atom. The summed E-state index contributed by atoms with van der Waals surface area (Å²) < 4.78 is 13.5. The second kappa shape index (κ2) is 5.41. The lowest BCUT2D eigenvalue weighted by atomic mass is 10.3. The summed E-state index contributed by atoms with van der Waals surface area (Å²) in [6.07, 6.45) is 1.62. The van der Waals surface area contributed by atoms with E-state index in [9.17, 15) is 4.39 Å². The highest BCUT2D eigenvalue weighted by atomic mass is 79.9. The standard InChI is InChI=1S/C12H9BrFN3S/c13-9-5-7(1-3-10(9)14)17-8-2-4-11(12(15)18)16-6-8/h1-6,17H,(H2,15,18). The minimum absolute atomic E-state index is 0.256. The van der Waals surface area contributed by atoms with Crippen LogP contribution in [0.25, 0.3) is 0 Å². The van der Waals surface area contributed by atoms with Gasteiger partial charge in [0, 0.05) is 5.69 Å². The predicted octanol–water partition coefficient (Wildman–Crippen LogP) is 3.36. The van der Waals surface area contributed by atoms with Crippen molar-refractivity contribution in [3.05, 3.63) is 52.5 Å². The van der Waals surface area contributed by atoms with Crippen molar-refractivity contribution in [1.82, 2.24) is 4.98 Å². The molecule has 0 bridgehead atoms. The number of hydrogen-bond donors (Lipinski definition) is 2. The number of nitrogens with zero attached hydrogens (tertiary/aromatic N) is 1. The molecule has 0 aliphatic carbocycles. The Hall–Kier alpha value is -1.53. The van der Waals surface area contributed by atoms with Crippen molar-refractivity contribution in [3.8, 4) is 0 Å². The van der Waals surface area contributed by atoms with Crippen LogP contribution >= 0.6 is 28.1 Å². The number of halogens is 2. The van der Waals surface area contributed by atoms with Crippen molar-refractivity contribution >= 4 is 44.5 Å². The van der Waals surface area contributed by atoms with E-state index in [1.807, 2.05) is 0 Å². The zero-order valence-corrected chi connectivity index (χ0v) is 11.6. The Labute approximate surface area is 117 Å². The second-order valence-electron chi connectivity index (χ2n) is 3.55. The van der Waals surface area contributed by atoms with Crippen LogP contribution in [0.1, 0.15) is 5.69 Å². The highest BCUT2D eigenvalue weighted by molar-refractivity contribution is 9.10. The molecule has 18 heavy (non-hydrogen) atoms. The number of anilines is 2. The number of hydrogen-bond acceptors (Lipinski definition) is 3. The fraction of sp³-hybridized carbons (Fsp3) is 0. The summed E-state index contributed by atoms with van der Waals surface area (Å²) in [5.74, 6) is -0.303. The van der Waals surface area contributed by atoms with Gasteiger partial charge in [-0.3, -0.25) is 4.98 Å². The number of rotatable bonds is 3. The number of nitrogens with two attached hydrogens (primary N) is 1. The lowest BCUT2D eigenvalue weighted by molar-refractivity contribution is 0.621. The van der Waals surface area contributed by atoms with Gasteiger partial charge in [0.1, 0.15) is 10.8 Å². The van der Waals surface area contributed by atoms with Gasteiger partial charge in [-0.05, 0) is 46.3 Å². The van der Waals surface area contributed by atoms with Crippen molar-refractivity contribution in [2.45, 2.75) is 0 Å². The average molecular weight is 326 g/mol. The summed E-state index contributed by atoms with van der Waals surface area (Å²) in [7, 11) is 0. The molecule has 0 radical (unpaired) electrons. The average Bonchev–Trinajstić information content (AvgIpc) is 2.34. The molecule has 2 rings (SSSR count). The Kier molecular flexibility index (Phi) is 3.88. The smallest absolute Gasteiger partial charge is 0.137 e. The molecule has 0 aliphatic rings. The van der Waals surface area contributed by atoms with Crippen molar-refractivity contribution in [3.63, 3.8) is 0 Å². The van der Waals surface area contributed by atoms with Crippen LogP contribution in [0.15, 0.2) is 41.0 Å². The number of aromatic nitrogens is 1. The number of thiocarbonyl (C=S) groups is 1. The Bertz CT molecular complexity index is 586. The molecule has 92 valence electrons. The molecule has 2 aromatic rings. The molecule has 3 nitrogen and oxygen atoms in total. The van der Waals surface area contributed by atoms with Crippen LogP contribution in [0.2, 0.25) is 0 Å². The molecule has 0 atom stereocenters. The van der Waals surface area contributed by atoms with Crippen LogP contribution < -0.4 is 11.1 Å². The molecule has 0 spiro atoms. The van der Waals surface area contributed by atoms with Gasteiger partial charge in [0.05, 0.1) is 22.1 Å². The first kappa shape index (κ1) is 12.9. The van der Waals surface area contributed by atoms with Crippen molar-refractivity contribution < 1.29 is 4.39 Å². The Balaban J connectivity index is 2.18. The van der Waals surface area contributed by atoms with Crippen LogP contribution in [0.5, 0.6) is 0 Å². The van der Waals surface area contributed by atoms with E-state index in [1.54, 1.807) is 30.5 Å². The SMILES string of the molecule is NC(=S)c1ccc(Nc2ccc(F)c(Br)c2)cn1. The van der Waals surface area contributed by atoms with Crippen LogP contribution in [0.4, 0.5) is 15.8 Å². The first-order valence-corrected chi connectivity index (χ1v) is 6.24. The highest BCUT2D eigenvalue weighted by Crippen LogP contribution is 2.22. The third-order valence-electron chi connectivity index (χ3n) is 2.22. The molecule has 3 N–H and O–H groups in total. The lowest BCUT2D eigenvalue weighted by Crippen LogP contribution is -2.11. The van der Waals surface area contributed by atoms with E-state index < -0.39 is 0 Å². The van der Waals surface area contributed by atoms with Gasteiger partial charge in [-0.15, -0.1) is 0 Å². The van der Waals surface area contributed by atoms with Gasteiger partial charge in [-0.1, -0.05) is 12.2 Å². The largest absolute Gasteiger partial charge is 0.388 e. The molecule has 1 aromatic heterocycles.